The summed E-state index contributed by atoms with van der Waals surface area (Å²) in [6.45, 7) is 1.69. The number of amides is 1. The van der Waals surface area contributed by atoms with Gasteiger partial charge in [0.2, 0.25) is 6.10 Å². The van der Waals surface area contributed by atoms with Crippen LogP contribution in [0.4, 0.5) is 0 Å². The van der Waals surface area contributed by atoms with E-state index in [9.17, 15) is 9.59 Å². The molecular weight excluding hydrogens is 334 g/mol. The Morgan fingerprint density at radius 2 is 1.69 bits per heavy atom. The molecule has 0 radical (unpaired) electrons. The van der Waals surface area contributed by atoms with Crippen LogP contribution in [0.15, 0.2) is 48.5 Å². The van der Waals surface area contributed by atoms with E-state index in [1.165, 1.54) is 6.92 Å². The van der Waals surface area contributed by atoms with Crippen molar-refractivity contribution in [2.24, 2.45) is 0 Å². The van der Waals surface area contributed by atoms with Crippen LogP contribution in [-0.2, 0) is 20.7 Å². The summed E-state index contributed by atoms with van der Waals surface area (Å²) in [6.07, 6.45) is -0.354. The fraction of sp³-hybridized carbons (Fsp3) is 0.300. The highest BCUT2D eigenvalue weighted by Crippen LogP contribution is 2.27. The Kier molecular flexibility index (Phi) is 7.02. The zero-order chi connectivity index (χ0) is 18.9. The van der Waals surface area contributed by atoms with Crippen LogP contribution in [0.5, 0.6) is 11.5 Å². The average Bonchev–Trinajstić information content (AvgIpc) is 2.66. The average molecular weight is 357 g/mol. The van der Waals surface area contributed by atoms with Crippen molar-refractivity contribution in [2.45, 2.75) is 19.4 Å². The van der Waals surface area contributed by atoms with E-state index >= 15 is 0 Å². The number of carbonyl (C=O) groups excluding carboxylic acids is 2. The second kappa shape index (κ2) is 9.46. The minimum Gasteiger partial charge on any atom is -0.493 e. The number of nitrogens with one attached hydrogen (secondary N) is 1. The molecule has 0 heterocycles. The van der Waals surface area contributed by atoms with Gasteiger partial charge < -0.3 is 19.5 Å². The summed E-state index contributed by atoms with van der Waals surface area (Å²) in [7, 11) is 3.16. The van der Waals surface area contributed by atoms with E-state index in [2.05, 4.69) is 5.32 Å². The number of hydrogen-bond donors (Lipinski definition) is 1. The Labute approximate surface area is 153 Å². The number of hydrogen-bond acceptors (Lipinski definition) is 5. The molecule has 0 spiro atoms. The number of benzene rings is 2. The highest BCUT2D eigenvalue weighted by molar-refractivity contribution is 5.84. The van der Waals surface area contributed by atoms with E-state index < -0.39 is 12.1 Å². The molecule has 6 nitrogen and oxygen atoms in total. The third-order valence-electron chi connectivity index (χ3n) is 3.79. The molecule has 0 fully saturated rings. The van der Waals surface area contributed by atoms with Crippen molar-refractivity contribution in [1.82, 2.24) is 5.32 Å². The number of rotatable bonds is 8. The van der Waals surface area contributed by atoms with Gasteiger partial charge in [0.25, 0.3) is 5.91 Å². The lowest BCUT2D eigenvalue weighted by atomic mass is 10.1. The molecule has 138 valence electrons. The van der Waals surface area contributed by atoms with Crippen molar-refractivity contribution in [1.29, 1.82) is 0 Å². The summed E-state index contributed by atoms with van der Waals surface area (Å²) in [4.78, 5) is 23.8. The third kappa shape index (κ3) is 5.24. The van der Waals surface area contributed by atoms with Crippen molar-refractivity contribution >= 4 is 11.9 Å². The molecule has 6 heteroatoms. The first-order chi connectivity index (χ1) is 12.5. The molecule has 0 aromatic heterocycles. The van der Waals surface area contributed by atoms with Crippen molar-refractivity contribution in [2.75, 3.05) is 20.8 Å². The van der Waals surface area contributed by atoms with Crippen LogP contribution in [0.2, 0.25) is 0 Å². The van der Waals surface area contributed by atoms with Crippen LogP contribution < -0.4 is 14.8 Å². The molecule has 0 saturated carbocycles. The van der Waals surface area contributed by atoms with Gasteiger partial charge in [-0.25, -0.2) is 0 Å². The van der Waals surface area contributed by atoms with Gasteiger partial charge in [0.15, 0.2) is 11.5 Å². The first kappa shape index (κ1) is 19.3. The van der Waals surface area contributed by atoms with Crippen LogP contribution in [0.25, 0.3) is 0 Å². The third-order valence-corrected chi connectivity index (χ3v) is 3.79. The van der Waals surface area contributed by atoms with Gasteiger partial charge in [-0.15, -0.1) is 0 Å². The van der Waals surface area contributed by atoms with Crippen molar-refractivity contribution in [3.8, 4) is 11.5 Å². The number of esters is 1. The van der Waals surface area contributed by atoms with E-state index in [-0.39, 0.29) is 5.91 Å². The minimum absolute atomic E-state index is 0.355. The smallest absolute Gasteiger partial charge is 0.303 e. The SMILES string of the molecule is COc1ccc(CCNC(=O)C(OC(C)=O)c2ccccc2)cc1OC. The summed E-state index contributed by atoms with van der Waals surface area (Å²) in [6, 6.07) is 14.5. The monoisotopic (exact) mass is 357 g/mol. The van der Waals surface area contributed by atoms with Gasteiger partial charge in [0.1, 0.15) is 0 Å². The Morgan fingerprint density at radius 3 is 2.31 bits per heavy atom. The van der Waals surface area contributed by atoms with Crippen LogP contribution >= 0.6 is 0 Å². The minimum atomic E-state index is -0.959. The van der Waals surface area contributed by atoms with Gasteiger partial charge in [-0.05, 0) is 24.1 Å². The van der Waals surface area contributed by atoms with E-state index in [0.29, 0.717) is 30.0 Å². The summed E-state index contributed by atoms with van der Waals surface area (Å²) < 4.78 is 15.7. The molecular formula is C20H23NO5. The molecule has 0 aliphatic heterocycles. The van der Waals surface area contributed by atoms with Gasteiger partial charge in [-0.1, -0.05) is 36.4 Å². The van der Waals surface area contributed by atoms with Crippen molar-refractivity contribution in [3.63, 3.8) is 0 Å². The fourth-order valence-corrected chi connectivity index (χ4v) is 2.53. The van der Waals surface area contributed by atoms with E-state index in [1.54, 1.807) is 38.5 Å². The lowest BCUT2D eigenvalue weighted by Crippen LogP contribution is -2.33. The largest absolute Gasteiger partial charge is 0.493 e. The highest BCUT2D eigenvalue weighted by Gasteiger charge is 2.23. The maximum atomic E-state index is 12.5. The molecule has 1 amide bonds. The first-order valence-electron chi connectivity index (χ1n) is 8.26. The molecule has 1 N–H and O–H groups in total. The van der Waals surface area contributed by atoms with Gasteiger partial charge in [-0.2, -0.15) is 0 Å². The number of methoxy groups -OCH3 is 2. The number of ether oxygens (including phenoxy) is 3. The van der Waals surface area contributed by atoms with E-state index in [1.807, 2.05) is 24.3 Å². The van der Waals surface area contributed by atoms with Crippen LogP contribution in [0.1, 0.15) is 24.2 Å². The van der Waals surface area contributed by atoms with E-state index in [4.69, 9.17) is 14.2 Å². The standard InChI is InChI=1S/C20H23NO5/c1-14(22)26-19(16-7-5-4-6-8-16)20(23)21-12-11-15-9-10-17(24-2)18(13-15)25-3/h4-10,13,19H,11-12H2,1-3H3,(H,21,23). The van der Waals surface area contributed by atoms with Crippen LogP contribution in [0.3, 0.4) is 0 Å². The Bertz CT molecular complexity index is 745. The predicted molar refractivity (Wildman–Crippen MR) is 97.2 cm³/mol. The second-order valence-corrected chi connectivity index (χ2v) is 5.63. The van der Waals surface area contributed by atoms with Crippen molar-refractivity contribution in [3.05, 3.63) is 59.7 Å². The molecule has 2 aromatic carbocycles. The molecule has 1 unspecified atom stereocenters. The summed E-state index contributed by atoms with van der Waals surface area (Å²) in [5.74, 6) is 0.429. The topological polar surface area (TPSA) is 73.9 Å². The maximum Gasteiger partial charge on any atom is 0.303 e. The van der Waals surface area contributed by atoms with Crippen LogP contribution in [-0.4, -0.2) is 32.6 Å². The molecule has 0 aliphatic rings. The molecule has 26 heavy (non-hydrogen) atoms. The summed E-state index contributed by atoms with van der Waals surface area (Å²) in [5.41, 5.74) is 1.62. The molecule has 2 aromatic rings. The lowest BCUT2D eigenvalue weighted by molar-refractivity contribution is -0.154. The van der Waals surface area contributed by atoms with Gasteiger partial charge in [-0.3, -0.25) is 9.59 Å². The molecule has 2 rings (SSSR count). The molecule has 0 aliphatic carbocycles. The summed E-state index contributed by atoms with van der Waals surface area (Å²) >= 11 is 0. The fourth-order valence-electron chi connectivity index (χ4n) is 2.53. The van der Waals surface area contributed by atoms with Gasteiger partial charge >= 0.3 is 5.97 Å². The quantitative estimate of drug-likeness (QED) is 0.735. The second-order valence-electron chi connectivity index (χ2n) is 5.63. The normalized spacial score (nSPS) is 11.3. The first-order valence-corrected chi connectivity index (χ1v) is 8.26. The van der Waals surface area contributed by atoms with E-state index in [0.717, 1.165) is 5.56 Å². The Balaban J connectivity index is 1.98. The number of carbonyl (C=O) groups is 2. The highest BCUT2D eigenvalue weighted by atomic mass is 16.5. The van der Waals surface area contributed by atoms with Crippen molar-refractivity contribution < 1.29 is 23.8 Å². The molecule has 0 saturated heterocycles. The van der Waals surface area contributed by atoms with Gasteiger partial charge in [0.05, 0.1) is 14.2 Å². The zero-order valence-electron chi connectivity index (χ0n) is 15.2. The molecule has 1 atom stereocenters. The predicted octanol–water partition coefficient (Wildman–Crippen LogP) is 2.67. The zero-order valence-corrected chi connectivity index (χ0v) is 15.2. The molecule has 0 bridgehead atoms. The Hall–Kier alpha value is -3.02. The summed E-state index contributed by atoms with van der Waals surface area (Å²) in [5, 5.41) is 2.81. The van der Waals surface area contributed by atoms with Gasteiger partial charge in [0, 0.05) is 19.0 Å². The maximum absolute atomic E-state index is 12.5. The lowest BCUT2D eigenvalue weighted by Gasteiger charge is -2.17. The Morgan fingerprint density at radius 1 is 1.00 bits per heavy atom. The van der Waals surface area contributed by atoms with Crippen LogP contribution in [0, 0.1) is 0 Å².